The predicted octanol–water partition coefficient (Wildman–Crippen LogP) is 5.14. The van der Waals surface area contributed by atoms with Crippen molar-refractivity contribution >= 4 is 0 Å². The Bertz CT molecular complexity index is 1120. The highest BCUT2D eigenvalue weighted by Gasteiger charge is 2.06. The van der Waals surface area contributed by atoms with Crippen LogP contribution in [0.2, 0.25) is 0 Å². The van der Waals surface area contributed by atoms with Crippen molar-refractivity contribution in [3.63, 3.8) is 0 Å². The number of benzene rings is 4. The molecule has 0 heterocycles. The summed E-state index contributed by atoms with van der Waals surface area (Å²) in [6.45, 7) is 3.38. The highest BCUT2D eigenvalue weighted by atomic mass is 16.5. The Morgan fingerprint density at radius 2 is 0.944 bits per heavy atom. The molecule has 0 atom stereocenters. The van der Waals surface area contributed by atoms with Crippen LogP contribution < -0.4 is 20.1 Å². The SMILES string of the molecule is Oc1ccc(OCc2ccccc2)cc1CNCCNCc1cc(OCc2ccccc2)ccc1O. The van der Waals surface area contributed by atoms with Crippen LogP contribution in [0.5, 0.6) is 23.0 Å². The molecule has 0 aliphatic rings. The van der Waals surface area contributed by atoms with E-state index in [1.807, 2.05) is 72.8 Å². The van der Waals surface area contributed by atoms with Crippen molar-refractivity contribution in [2.75, 3.05) is 13.1 Å². The topological polar surface area (TPSA) is 83.0 Å². The second-order valence-corrected chi connectivity index (χ2v) is 8.48. The molecule has 4 aromatic rings. The normalized spacial score (nSPS) is 10.8. The summed E-state index contributed by atoms with van der Waals surface area (Å²) in [7, 11) is 0. The molecule has 0 saturated carbocycles. The lowest BCUT2D eigenvalue weighted by atomic mass is 10.2. The predicted molar refractivity (Wildman–Crippen MR) is 141 cm³/mol. The molecule has 0 fully saturated rings. The molecule has 36 heavy (non-hydrogen) atoms. The number of hydrogen-bond donors (Lipinski definition) is 4. The van der Waals surface area contributed by atoms with Gasteiger partial charge in [-0.25, -0.2) is 0 Å². The van der Waals surface area contributed by atoms with Crippen LogP contribution in [0.1, 0.15) is 22.3 Å². The lowest BCUT2D eigenvalue weighted by Gasteiger charge is -2.12. The van der Waals surface area contributed by atoms with Crippen LogP contribution in [0.25, 0.3) is 0 Å². The van der Waals surface area contributed by atoms with E-state index in [1.165, 1.54) is 0 Å². The van der Waals surface area contributed by atoms with E-state index in [2.05, 4.69) is 10.6 Å². The van der Waals surface area contributed by atoms with Crippen LogP contribution in [0.4, 0.5) is 0 Å². The lowest BCUT2D eigenvalue weighted by molar-refractivity contribution is 0.305. The minimum Gasteiger partial charge on any atom is -0.508 e. The fourth-order valence-corrected chi connectivity index (χ4v) is 3.69. The largest absolute Gasteiger partial charge is 0.508 e. The van der Waals surface area contributed by atoms with Gasteiger partial charge in [0, 0.05) is 37.3 Å². The Morgan fingerprint density at radius 1 is 0.528 bits per heavy atom. The highest BCUT2D eigenvalue weighted by molar-refractivity contribution is 5.40. The van der Waals surface area contributed by atoms with Gasteiger partial charge in [-0.2, -0.15) is 0 Å². The number of phenols is 2. The summed E-state index contributed by atoms with van der Waals surface area (Å²) >= 11 is 0. The van der Waals surface area contributed by atoms with Gasteiger partial charge < -0.3 is 30.3 Å². The van der Waals surface area contributed by atoms with Crippen molar-refractivity contribution in [3.05, 3.63) is 119 Å². The summed E-state index contributed by atoms with van der Waals surface area (Å²) in [4.78, 5) is 0. The molecule has 0 unspecified atom stereocenters. The summed E-state index contributed by atoms with van der Waals surface area (Å²) < 4.78 is 11.7. The quantitative estimate of drug-likeness (QED) is 0.197. The number of aromatic hydroxyl groups is 2. The maximum Gasteiger partial charge on any atom is 0.120 e. The first-order valence-corrected chi connectivity index (χ1v) is 12.1. The van der Waals surface area contributed by atoms with Crippen LogP contribution in [-0.4, -0.2) is 23.3 Å². The van der Waals surface area contributed by atoms with Gasteiger partial charge in [-0.1, -0.05) is 60.7 Å². The Kier molecular flexibility index (Phi) is 9.19. The highest BCUT2D eigenvalue weighted by Crippen LogP contribution is 2.25. The number of phenolic OH excluding ortho intramolecular Hbond substituents is 2. The van der Waals surface area contributed by atoms with E-state index in [0.717, 1.165) is 33.8 Å². The van der Waals surface area contributed by atoms with Crippen molar-refractivity contribution in [2.45, 2.75) is 26.3 Å². The van der Waals surface area contributed by atoms with Gasteiger partial charge in [0.2, 0.25) is 0 Å². The molecule has 0 bridgehead atoms. The fraction of sp³-hybridized carbons (Fsp3) is 0.200. The van der Waals surface area contributed by atoms with E-state index in [1.54, 1.807) is 24.3 Å². The Balaban J connectivity index is 1.18. The average molecular weight is 485 g/mol. The average Bonchev–Trinajstić information content (AvgIpc) is 2.92. The maximum absolute atomic E-state index is 10.2. The smallest absolute Gasteiger partial charge is 0.120 e. The first kappa shape index (κ1) is 25.1. The maximum atomic E-state index is 10.2. The monoisotopic (exact) mass is 484 g/mol. The van der Waals surface area contributed by atoms with Gasteiger partial charge in [-0.3, -0.25) is 0 Å². The molecule has 4 aromatic carbocycles. The molecule has 4 rings (SSSR count). The zero-order valence-corrected chi connectivity index (χ0v) is 20.2. The minimum absolute atomic E-state index is 0.236. The van der Waals surface area contributed by atoms with Crippen LogP contribution in [-0.2, 0) is 26.3 Å². The van der Waals surface area contributed by atoms with Crippen molar-refractivity contribution in [1.82, 2.24) is 10.6 Å². The molecule has 0 aliphatic carbocycles. The van der Waals surface area contributed by atoms with E-state index in [-0.39, 0.29) is 11.5 Å². The van der Waals surface area contributed by atoms with Crippen LogP contribution in [0.3, 0.4) is 0 Å². The van der Waals surface area contributed by atoms with Gasteiger partial charge in [0.05, 0.1) is 0 Å². The molecule has 186 valence electrons. The molecule has 0 amide bonds. The van der Waals surface area contributed by atoms with Gasteiger partial charge in [0.15, 0.2) is 0 Å². The molecule has 0 radical (unpaired) electrons. The first-order valence-electron chi connectivity index (χ1n) is 12.1. The number of nitrogens with one attached hydrogen (secondary N) is 2. The molecule has 0 aromatic heterocycles. The molecule has 4 N–H and O–H groups in total. The second-order valence-electron chi connectivity index (χ2n) is 8.48. The number of ether oxygens (including phenoxy) is 2. The molecule has 0 saturated heterocycles. The van der Waals surface area contributed by atoms with Crippen molar-refractivity contribution in [2.24, 2.45) is 0 Å². The number of rotatable bonds is 13. The Hall–Kier alpha value is -4.00. The lowest BCUT2D eigenvalue weighted by Crippen LogP contribution is -2.26. The standard InChI is InChI=1S/C30H32N2O4/c33-29-13-11-27(35-21-23-7-3-1-4-8-23)17-25(29)19-31-15-16-32-20-26-18-28(12-14-30(26)34)36-22-24-9-5-2-6-10-24/h1-14,17-18,31-34H,15-16,19-22H2. The third-order valence-corrected chi connectivity index (χ3v) is 5.71. The second kappa shape index (κ2) is 13.2. The summed E-state index contributed by atoms with van der Waals surface area (Å²) in [6.07, 6.45) is 0. The fourth-order valence-electron chi connectivity index (χ4n) is 3.69. The van der Waals surface area contributed by atoms with Crippen molar-refractivity contribution in [3.8, 4) is 23.0 Å². The number of hydrogen-bond acceptors (Lipinski definition) is 6. The van der Waals surface area contributed by atoms with E-state index in [9.17, 15) is 10.2 Å². The van der Waals surface area contributed by atoms with Crippen molar-refractivity contribution < 1.29 is 19.7 Å². The van der Waals surface area contributed by atoms with Gasteiger partial charge in [-0.15, -0.1) is 0 Å². The van der Waals surface area contributed by atoms with Crippen LogP contribution >= 0.6 is 0 Å². The van der Waals surface area contributed by atoms with Gasteiger partial charge in [-0.05, 0) is 47.5 Å². The van der Waals surface area contributed by atoms with Gasteiger partial charge >= 0.3 is 0 Å². The first-order chi connectivity index (χ1) is 17.7. The molecule has 0 spiro atoms. The van der Waals surface area contributed by atoms with Gasteiger partial charge in [0.1, 0.15) is 36.2 Å². The van der Waals surface area contributed by atoms with E-state index in [0.29, 0.717) is 39.4 Å². The Labute approximate surface area is 212 Å². The summed E-state index contributed by atoms with van der Waals surface area (Å²) in [6, 6.07) is 30.5. The summed E-state index contributed by atoms with van der Waals surface area (Å²) in [5.74, 6) is 1.91. The van der Waals surface area contributed by atoms with Crippen LogP contribution in [0, 0.1) is 0 Å². The molecular formula is C30H32N2O4. The molecule has 6 nitrogen and oxygen atoms in total. The molecule has 0 aliphatic heterocycles. The summed E-state index contributed by atoms with van der Waals surface area (Å²) in [5.41, 5.74) is 3.74. The third kappa shape index (κ3) is 7.77. The zero-order chi connectivity index (χ0) is 25.0. The zero-order valence-electron chi connectivity index (χ0n) is 20.2. The van der Waals surface area contributed by atoms with E-state index in [4.69, 9.17) is 9.47 Å². The minimum atomic E-state index is 0.236. The van der Waals surface area contributed by atoms with Crippen LogP contribution in [0.15, 0.2) is 97.1 Å². The molecular weight excluding hydrogens is 452 g/mol. The van der Waals surface area contributed by atoms with E-state index < -0.39 is 0 Å². The summed E-state index contributed by atoms with van der Waals surface area (Å²) in [5, 5.41) is 27.0. The van der Waals surface area contributed by atoms with Crippen molar-refractivity contribution in [1.29, 1.82) is 0 Å². The Morgan fingerprint density at radius 3 is 1.36 bits per heavy atom. The van der Waals surface area contributed by atoms with E-state index >= 15 is 0 Å². The molecule has 6 heteroatoms. The third-order valence-electron chi connectivity index (χ3n) is 5.71. The van der Waals surface area contributed by atoms with Gasteiger partial charge in [0.25, 0.3) is 0 Å².